The third-order valence-electron chi connectivity index (χ3n) is 2.76. The van der Waals surface area contributed by atoms with Crippen LogP contribution in [0.1, 0.15) is 31.9 Å². The second kappa shape index (κ2) is 5.24. The topological polar surface area (TPSA) is 46.2 Å². The van der Waals surface area contributed by atoms with Crippen LogP contribution in [0.2, 0.25) is 0 Å². The van der Waals surface area contributed by atoms with Gasteiger partial charge in [-0.1, -0.05) is 39.0 Å². The van der Waals surface area contributed by atoms with Crippen molar-refractivity contribution in [3.63, 3.8) is 0 Å². The van der Waals surface area contributed by atoms with Crippen LogP contribution in [-0.2, 0) is 15.4 Å². The normalized spacial score (nSPS) is 12.4. The Labute approximate surface area is 110 Å². The van der Waals surface area contributed by atoms with Crippen LogP contribution in [0.25, 0.3) is 0 Å². The second-order valence-corrected chi connectivity index (χ2v) is 7.11. The molecule has 1 aromatic carbocycles. The molecule has 0 spiro atoms. The Bertz CT molecular complexity index is 539. The van der Waals surface area contributed by atoms with Gasteiger partial charge in [-0.2, -0.15) is 0 Å². The molecule has 4 heteroatoms. The molecule has 0 atom stereocenters. The predicted molar refractivity (Wildman–Crippen MR) is 75.3 cm³/mol. The highest BCUT2D eigenvalue weighted by Gasteiger charge is 2.20. The first kappa shape index (κ1) is 14.9. The van der Waals surface area contributed by atoms with Gasteiger partial charge in [-0.25, -0.2) is 13.1 Å². The molecule has 0 aromatic heterocycles. The van der Waals surface area contributed by atoms with Crippen LogP contribution < -0.4 is 4.72 Å². The van der Waals surface area contributed by atoms with E-state index in [0.29, 0.717) is 4.90 Å². The summed E-state index contributed by atoms with van der Waals surface area (Å²) >= 11 is 0. The Kier molecular flexibility index (Phi) is 4.35. The number of nitrogens with one attached hydrogen (secondary N) is 1. The van der Waals surface area contributed by atoms with Crippen molar-refractivity contribution in [3.05, 3.63) is 42.0 Å². The molecule has 0 heterocycles. The van der Waals surface area contributed by atoms with E-state index in [9.17, 15) is 8.42 Å². The number of rotatable bonds is 4. The first-order valence-electron chi connectivity index (χ1n) is 5.90. The highest BCUT2D eigenvalue weighted by atomic mass is 32.2. The Morgan fingerprint density at radius 2 is 1.94 bits per heavy atom. The lowest BCUT2D eigenvalue weighted by Gasteiger charge is -2.20. The molecule has 18 heavy (non-hydrogen) atoms. The molecule has 0 fully saturated rings. The molecule has 0 saturated carbocycles. The van der Waals surface area contributed by atoms with Crippen LogP contribution in [0.4, 0.5) is 0 Å². The Hall–Kier alpha value is -1.13. The first-order valence-corrected chi connectivity index (χ1v) is 7.38. The maximum absolute atomic E-state index is 12.1. The highest BCUT2D eigenvalue weighted by molar-refractivity contribution is 7.89. The number of aryl methyl sites for hydroxylation is 1. The molecule has 0 amide bonds. The fraction of sp³-hybridized carbons (Fsp3) is 0.429. The van der Waals surface area contributed by atoms with E-state index in [4.69, 9.17) is 0 Å². The van der Waals surface area contributed by atoms with E-state index < -0.39 is 10.0 Å². The lowest BCUT2D eigenvalue weighted by molar-refractivity contribution is 0.578. The lowest BCUT2D eigenvalue weighted by atomic mass is 9.87. The number of sulfonamides is 1. The van der Waals surface area contributed by atoms with Crippen molar-refractivity contribution in [2.75, 3.05) is 6.54 Å². The van der Waals surface area contributed by atoms with E-state index >= 15 is 0 Å². The van der Waals surface area contributed by atoms with Gasteiger partial charge in [0.15, 0.2) is 0 Å². The summed E-state index contributed by atoms with van der Waals surface area (Å²) in [6, 6.07) is 5.58. The molecule has 100 valence electrons. The van der Waals surface area contributed by atoms with Gasteiger partial charge in [-0.05, 0) is 29.5 Å². The van der Waals surface area contributed by atoms with Gasteiger partial charge in [0.05, 0.1) is 4.90 Å². The summed E-state index contributed by atoms with van der Waals surface area (Å²) in [7, 11) is -3.46. The molecule has 0 saturated heterocycles. The minimum absolute atomic E-state index is 0.0730. The minimum Gasteiger partial charge on any atom is -0.207 e. The number of benzene rings is 1. The first-order chi connectivity index (χ1) is 8.18. The molecule has 0 aliphatic rings. The summed E-state index contributed by atoms with van der Waals surface area (Å²) in [6.45, 7) is 11.7. The van der Waals surface area contributed by atoms with E-state index in [-0.39, 0.29) is 12.0 Å². The third-order valence-corrected chi connectivity index (χ3v) is 4.33. The average Bonchev–Trinajstić information content (AvgIpc) is 2.25. The number of hydrogen-bond donors (Lipinski definition) is 1. The van der Waals surface area contributed by atoms with Crippen LogP contribution >= 0.6 is 0 Å². The van der Waals surface area contributed by atoms with Gasteiger partial charge in [-0.15, -0.1) is 6.58 Å². The van der Waals surface area contributed by atoms with Gasteiger partial charge in [-0.3, -0.25) is 0 Å². The Morgan fingerprint density at radius 3 is 2.44 bits per heavy atom. The van der Waals surface area contributed by atoms with Crippen molar-refractivity contribution < 1.29 is 8.42 Å². The molecule has 0 bridgehead atoms. The Morgan fingerprint density at radius 1 is 1.33 bits per heavy atom. The summed E-state index contributed by atoms with van der Waals surface area (Å²) in [5.41, 5.74) is 1.68. The molecule has 0 aliphatic carbocycles. The summed E-state index contributed by atoms with van der Waals surface area (Å²) < 4.78 is 26.8. The van der Waals surface area contributed by atoms with Gasteiger partial charge < -0.3 is 0 Å². The molecule has 1 N–H and O–H groups in total. The van der Waals surface area contributed by atoms with Crippen LogP contribution in [-0.4, -0.2) is 15.0 Å². The zero-order chi connectivity index (χ0) is 14.0. The monoisotopic (exact) mass is 267 g/mol. The summed E-state index contributed by atoms with van der Waals surface area (Å²) in [5.74, 6) is 0. The van der Waals surface area contributed by atoms with E-state index in [1.165, 1.54) is 6.08 Å². The molecule has 0 aliphatic heterocycles. The SMILES string of the molecule is C=CCNS(=O)(=O)c1cc(C(C)(C)C)ccc1C. The van der Waals surface area contributed by atoms with E-state index in [1.807, 2.05) is 12.1 Å². The fourth-order valence-corrected chi connectivity index (χ4v) is 2.87. The van der Waals surface area contributed by atoms with Crippen LogP contribution in [0.5, 0.6) is 0 Å². The molecule has 0 unspecified atom stereocenters. The van der Waals surface area contributed by atoms with Crippen LogP contribution in [0.3, 0.4) is 0 Å². The second-order valence-electron chi connectivity index (χ2n) is 5.37. The van der Waals surface area contributed by atoms with Gasteiger partial charge in [0, 0.05) is 6.54 Å². The zero-order valence-electron chi connectivity index (χ0n) is 11.4. The van der Waals surface area contributed by atoms with Crippen molar-refractivity contribution in [2.45, 2.75) is 38.0 Å². The minimum atomic E-state index is -3.46. The fourth-order valence-electron chi connectivity index (χ4n) is 1.60. The average molecular weight is 267 g/mol. The third kappa shape index (κ3) is 3.43. The van der Waals surface area contributed by atoms with E-state index in [0.717, 1.165) is 11.1 Å². The summed E-state index contributed by atoms with van der Waals surface area (Å²) in [4.78, 5) is 0.344. The smallest absolute Gasteiger partial charge is 0.207 e. The largest absolute Gasteiger partial charge is 0.241 e. The predicted octanol–water partition coefficient (Wildman–Crippen LogP) is 2.76. The van der Waals surface area contributed by atoms with Gasteiger partial charge in [0.2, 0.25) is 10.0 Å². The van der Waals surface area contributed by atoms with Crippen molar-refractivity contribution in [3.8, 4) is 0 Å². The van der Waals surface area contributed by atoms with Gasteiger partial charge in [0.25, 0.3) is 0 Å². The molecular weight excluding hydrogens is 246 g/mol. The summed E-state index contributed by atoms with van der Waals surface area (Å²) in [6.07, 6.45) is 1.53. The van der Waals surface area contributed by atoms with Crippen molar-refractivity contribution in [1.29, 1.82) is 0 Å². The van der Waals surface area contributed by atoms with Gasteiger partial charge in [0.1, 0.15) is 0 Å². The quantitative estimate of drug-likeness (QED) is 0.853. The standard InChI is InChI=1S/C14H21NO2S/c1-6-9-15-18(16,17)13-10-12(14(3,4)5)8-7-11(13)2/h6-8,10,15H,1,9H2,2-5H3. The molecular formula is C14H21NO2S. The van der Waals surface area contributed by atoms with Gasteiger partial charge >= 0.3 is 0 Å². The highest BCUT2D eigenvalue weighted by Crippen LogP contribution is 2.26. The van der Waals surface area contributed by atoms with Crippen molar-refractivity contribution >= 4 is 10.0 Å². The lowest BCUT2D eigenvalue weighted by Crippen LogP contribution is -2.25. The Balaban J connectivity index is 3.28. The molecule has 1 aromatic rings. The van der Waals surface area contributed by atoms with Crippen molar-refractivity contribution in [1.82, 2.24) is 4.72 Å². The molecule has 1 rings (SSSR count). The zero-order valence-corrected chi connectivity index (χ0v) is 12.3. The molecule has 0 radical (unpaired) electrons. The maximum atomic E-state index is 12.1. The van der Waals surface area contributed by atoms with Crippen LogP contribution in [0.15, 0.2) is 35.7 Å². The van der Waals surface area contributed by atoms with Crippen LogP contribution in [0, 0.1) is 6.92 Å². The van der Waals surface area contributed by atoms with E-state index in [1.54, 1.807) is 13.0 Å². The summed E-state index contributed by atoms with van der Waals surface area (Å²) in [5, 5.41) is 0. The van der Waals surface area contributed by atoms with Crippen molar-refractivity contribution in [2.24, 2.45) is 0 Å². The number of hydrogen-bond acceptors (Lipinski definition) is 2. The maximum Gasteiger partial charge on any atom is 0.241 e. The van der Waals surface area contributed by atoms with E-state index in [2.05, 4.69) is 32.1 Å². The molecule has 3 nitrogen and oxygen atoms in total.